The molecule has 0 amide bonds. The van der Waals surface area contributed by atoms with Crippen molar-refractivity contribution in [1.29, 1.82) is 0 Å². The molecule has 0 saturated carbocycles. The highest BCUT2D eigenvalue weighted by Crippen LogP contribution is 1.94. The number of hydrogen-bond donors (Lipinski definition) is 3. The number of nitrogens with two attached hydrogens (primary N) is 1. The van der Waals surface area contributed by atoms with Crippen LogP contribution >= 0.6 is 0 Å². The molecular formula is C15H31N3O6. The highest BCUT2D eigenvalue weighted by atomic mass is 16.5. The van der Waals surface area contributed by atoms with Crippen LogP contribution in [-0.4, -0.2) is 101 Å². The van der Waals surface area contributed by atoms with Crippen LogP contribution < -0.4 is 5.73 Å². The summed E-state index contributed by atoms with van der Waals surface area (Å²) in [6.45, 7) is 5.11. The van der Waals surface area contributed by atoms with Crippen molar-refractivity contribution in [2.24, 2.45) is 15.7 Å². The molecule has 0 atom stereocenters. The third-order valence-electron chi connectivity index (χ3n) is 2.63. The van der Waals surface area contributed by atoms with E-state index in [-0.39, 0.29) is 46.4 Å². The second kappa shape index (κ2) is 18.4. The zero-order chi connectivity index (χ0) is 17.9. The lowest BCUT2D eigenvalue weighted by Crippen LogP contribution is -2.27. The zero-order valence-electron chi connectivity index (χ0n) is 14.5. The van der Waals surface area contributed by atoms with Gasteiger partial charge in [0, 0.05) is 13.2 Å². The van der Waals surface area contributed by atoms with E-state index in [1.807, 2.05) is 6.92 Å². The van der Waals surface area contributed by atoms with E-state index in [1.54, 1.807) is 0 Å². The molecule has 0 rings (SSSR count). The van der Waals surface area contributed by atoms with Crippen molar-refractivity contribution in [3.8, 4) is 0 Å². The first-order valence-electron chi connectivity index (χ1n) is 8.09. The monoisotopic (exact) mass is 349 g/mol. The van der Waals surface area contributed by atoms with E-state index in [0.717, 1.165) is 0 Å². The molecule has 0 aromatic carbocycles. The Morgan fingerprint density at radius 1 is 0.833 bits per heavy atom. The molecule has 142 valence electrons. The van der Waals surface area contributed by atoms with Crippen LogP contribution in [0.1, 0.15) is 6.92 Å². The molecule has 0 aromatic heterocycles. The smallest absolute Gasteiger partial charge is 0.137 e. The van der Waals surface area contributed by atoms with Crippen LogP contribution in [0.15, 0.2) is 9.98 Å². The van der Waals surface area contributed by atoms with Gasteiger partial charge in [0.1, 0.15) is 6.73 Å². The molecule has 9 nitrogen and oxygen atoms in total. The third kappa shape index (κ3) is 13.5. The van der Waals surface area contributed by atoms with Crippen molar-refractivity contribution in [3.05, 3.63) is 0 Å². The summed E-state index contributed by atoms with van der Waals surface area (Å²) in [6, 6.07) is 0. The molecule has 0 bridgehead atoms. The maximum absolute atomic E-state index is 8.84. The number of ether oxygens (including phenoxy) is 4. The predicted molar refractivity (Wildman–Crippen MR) is 91.9 cm³/mol. The minimum absolute atomic E-state index is 0.0701. The summed E-state index contributed by atoms with van der Waals surface area (Å²) >= 11 is 0. The first-order valence-corrected chi connectivity index (χ1v) is 8.09. The lowest BCUT2D eigenvalue weighted by atomic mass is 10.2. The molecular weight excluding hydrogens is 318 g/mol. The Morgan fingerprint density at radius 3 is 2.00 bits per heavy atom. The summed E-state index contributed by atoms with van der Waals surface area (Å²) < 4.78 is 21.2. The van der Waals surface area contributed by atoms with Crippen molar-refractivity contribution in [2.45, 2.75) is 6.92 Å². The van der Waals surface area contributed by atoms with Gasteiger partial charge in [-0.3, -0.25) is 9.98 Å². The van der Waals surface area contributed by atoms with Gasteiger partial charge < -0.3 is 34.9 Å². The third-order valence-corrected chi connectivity index (χ3v) is 2.63. The van der Waals surface area contributed by atoms with Gasteiger partial charge in [0.2, 0.25) is 0 Å². The number of aliphatic imine (C=N–C) groups is 2. The van der Waals surface area contributed by atoms with Crippen molar-refractivity contribution < 1.29 is 29.2 Å². The van der Waals surface area contributed by atoms with Crippen LogP contribution in [0.25, 0.3) is 0 Å². The molecule has 0 aliphatic carbocycles. The summed E-state index contributed by atoms with van der Waals surface area (Å²) in [5, 5.41) is 17.7. The van der Waals surface area contributed by atoms with E-state index in [4.69, 9.17) is 34.9 Å². The first-order chi connectivity index (χ1) is 11.8. The summed E-state index contributed by atoms with van der Waals surface area (Å²) in [4.78, 5) is 8.77. The second-order valence-corrected chi connectivity index (χ2v) is 4.51. The summed E-state index contributed by atoms with van der Waals surface area (Å²) in [7, 11) is 0. The van der Waals surface area contributed by atoms with Gasteiger partial charge in [-0.1, -0.05) is 0 Å². The summed E-state index contributed by atoms with van der Waals surface area (Å²) in [5.74, 6) is 0. The van der Waals surface area contributed by atoms with E-state index in [1.165, 1.54) is 0 Å². The van der Waals surface area contributed by atoms with Gasteiger partial charge >= 0.3 is 0 Å². The molecule has 0 aliphatic heterocycles. The highest BCUT2D eigenvalue weighted by molar-refractivity contribution is 6.43. The van der Waals surface area contributed by atoms with Gasteiger partial charge in [0.15, 0.2) is 0 Å². The molecule has 0 aliphatic rings. The minimum atomic E-state index is -0.0746. The molecule has 0 saturated heterocycles. The Kier molecular flexibility index (Phi) is 17.7. The minimum Gasteiger partial charge on any atom is -0.394 e. The molecule has 0 fully saturated rings. The van der Waals surface area contributed by atoms with Gasteiger partial charge in [-0.15, -0.1) is 0 Å². The molecule has 24 heavy (non-hydrogen) atoms. The second-order valence-electron chi connectivity index (χ2n) is 4.51. The number of aliphatic hydroxyl groups excluding tert-OH is 2. The van der Waals surface area contributed by atoms with Crippen LogP contribution in [0, 0.1) is 0 Å². The fraction of sp³-hybridized carbons (Fsp3) is 0.867. The molecule has 0 unspecified atom stereocenters. The van der Waals surface area contributed by atoms with Crippen molar-refractivity contribution in [2.75, 3.05) is 79.3 Å². The molecule has 0 radical (unpaired) electrons. The molecule has 9 heteroatoms. The standard InChI is InChI=1S/C15H31N3O6/c1-2-21-8-4-17-14(11-22-9-5-19)15(12-23-10-6-20)18-13-24-7-3-16/h19-20H,2-13,16H2,1H3/b17-14+,18-15+. The van der Waals surface area contributed by atoms with Gasteiger partial charge in [-0.05, 0) is 6.92 Å². The van der Waals surface area contributed by atoms with E-state index >= 15 is 0 Å². The topological polar surface area (TPSA) is 128 Å². The summed E-state index contributed by atoms with van der Waals surface area (Å²) in [5.41, 5.74) is 6.56. The van der Waals surface area contributed by atoms with E-state index in [9.17, 15) is 0 Å². The quantitative estimate of drug-likeness (QED) is 0.223. The molecule has 4 N–H and O–H groups in total. The van der Waals surface area contributed by atoms with Crippen LogP contribution in [0.3, 0.4) is 0 Å². The van der Waals surface area contributed by atoms with Gasteiger partial charge in [0.05, 0.1) is 70.8 Å². The lowest BCUT2D eigenvalue weighted by Gasteiger charge is -2.12. The predicted octanol–water partition coefficient (Wildman–Crippen LogP) is -1.14. The van der Waals surface area contributed by atoms with Crippen LogP contribution in [-0.2, 0) is 18.9 Å². The Bertz CT molecular complexity index is 307. The van der Waals surface area contributed by atoms with Gasteiger partial charge in [-0.25, -0.2) is 0 Å². The maximum atomic E-state index is 8.84. The highest BCUT2D eigenvalue weighted by Gasteiger charge is 2.10. The largest absolute Gasteiger partial charge is 0.394 e. The molecule has 0 aromatic rings. The number of aliphatic hydroxyl groups is 2. The zero-order valence-corrected chi connectivity index (χ0v) is 14.5. The normalized spacial score (nSPS) is 12.8. The van der Waals surface area contributed by atoms with Crippen LogP contribution in [0.2, 0.25) is 0 Å². The van der Waals surface area contributed by atoms with Gasteiger partial charge in [-0.2, -0.15) is 0 Å². The average molecular weight is 349 g/mol. The van der Waals surface area contributed by atoms with Crippen LogP contribution in [0.5, 0.6) is 0 Å². The van der Waals surface area contributed by atoms with Crippen molar-refractivity contribution >= 4 is 11.4 Å². The first kappa shape index (κ1) is 23.1. The summed E-state index contributed by atoms with van der Waals surface area (Å²) in [6.07, 6.45) is 0. The molecule has 0 heterocycles. The number of rotatable bonds is 17. The van der Waals surface area contributed by atoms with E-state index in [2.05, 4.69) is 9.98 Å². The number of hydrogen-bond acceptors (Lipinski definition) is 9. The van der Waals surface area contributed by atoms with E-state index in [0.29, 0.717) is 44.3 Å². The Hall–Kier alpha value is -0.940. The Morgan fingerprint density at radius 2 is 1.46 bits per heavy atom. The van der Waals surface area contributed by atoms with Crippen molar-refractivity contribution in [1.82, 2.24) is 0 Å². The van der Waals surface area contributed by atoms with E-state index < -0.39 is 0 Å². The fourth-order valence-electron chi connectivity index (χ4n) is 1.57. The Balaban J connectivity index is 4.82. The van der Waals surface area contributed by atoms with Crippen molar-refractivity contribution in [3.63, 3.8) is 0 Å². The van der Waals surface area contributed by atoms with Gasteiger partial charge in [0.25, 0.3) is 0 Å². The number of nitrogens with zero attached hydrogens (tertiary/aromatic N) is 2. The maximum Gasteiger partial charge on any atom is 0.137 e. The Labute approximate surface area is 143 Å². The SMILES string of the molecule is CCOCC/N=C(COCCO)/C(COCCO)=N/COCCN. The average Bonchev–Trinajstić information content (AvgIpc) is 2.59. The molecule has 0 spiro atoms. The van der Waals surface area contributed by atoms with Crippen LogP contribution in [0.4, 0.5) is 0 Å². The fourth-order valence-corrected chi connectivity index (χ4v) is 1.57. The lowest BCUT2D eigenvalue weighted by molar-refractivity contribution is 0.113.